The molecule has 2 N–H and O–H groups in total. The van der Waals surface area contributed by atoms with Crippen molar-refractivity contribution in [1.29, 1.82) is 5.26 Å². The van der Waals surface area contributed by atoms with E-state index in [0.717, 1.165) is 35.5 Å². The summed E-state index contributed by atoms with van der Waals surface area (Å²) in [7, 11) is 0. The molecule has 3 aromatic rings. The van der Waals surface area contributed by atoms with Crippen LogP contribution >= 0.6 is 0 Å². The molecule has 1 unspecified atom stereocenters. The normalized spacial score (nSPS) is 16.5. The van der Waals surface area contributed by atoms with Gasteiger partial charge in [-0.2, -0.15) is 5.26 Å². The molecular formula is C21H27N9O2. The van der Waals surface area contributed by atoms with Gasteiger partial charge < -0.3 is 15.2 Å². The molecule has 0 bridgehead atoms. The molecule has 32 heavy (non-hydrogen) atoms. The van der Waals surface area contributed by atoms with Gasteiger partial charge in [-0.15, -0.1) is 0 Å². The highest BCUT2D eigenvalue weighted by Gasteiger charge is 2.26. The van der Waals surface area contributed by atoms with Crippen LogP contribution in [0.15, 0.2) is 15.7 Å². The Morgan fingerprint density at radius 2 is 1.88 bits per heavy atom. The van der Waals surface area contributed by atoms with Gasteiger partial charge in [0.15, 0.2) is 5.52 Å². The topological polar surface area (TPSA) is 141 Å². The Morgan fingerprint density at radius 3 is 2.50 bits per heavy atom. The van der Waals surface area contributed by atoms with Crippen molar-refractivity contribution in [2.75, 3.05) is 18.0 Å². The zero-order chi connectivity index (χ0) is 23.0. The number of rotatable bonds is 5. The summed E-state index contributed by atoms with van der Waals surface area (Å²) in [6, 6.07) is 3.82. The van der Waals surface area contributed by atoms with Crippen molar-refractivity contribution in [2.45, 2.75) is 59.3 Å². The average molecular weight is 438 g/mol. The third-order valence-corrected chi connectivity index (χ3v) is 5.71. The Kier molecular flexibility index (Phi) is 5.80. The summed E-state index contributed by atoms with van der Waals surface area (Å²) in [6.07, 6.45) is 1.85. The second kappa shape index (κ2) is 8.55. The first-order valence-electron chi connectivity index (χ1n) is 10.8. The fourth-order valence-corrected chi connectivity index (χ4v) is 4.39. The second-order valence-electron chi connectivity index (χ2n) is 8.15. The van der Waals surface area contributed by atoms with Crippen LogP contribution in [0.3, 0.4) is 0 Å². The lowest BCUT2D eigenvalue weighted by molar-refractivity contribution is 0.468. The summed E-state index contributed by atoms with van der Waals surface area (Å²) in [4.78, 5) is 42.4. The minimum Gasteiger partial charge on any atom is -0.341 e. The van der Waals surface area contributed by atoms with Crippen LogP contribution in [-0.2, 0) is 19.6 Å². The largest absolute Gasteiger partial charge is 0.341 e. The van der Waals surface area contributed by atoms with Gasteiger partial charge >= 0.3 is 0 Å². The molecule has 0 aliphatic carbocycles. The van der Waals surface area contributed by atoms with Crippen LogP contribution in [0.4, 0.5) is 5.95 Å². The summed E-state index contributed by atoms with van der Waals surface area (Å²) in [5, 5.41) is 9.32. The van der Waals surface area contributed by atoms with Crippen LogP contribution in [0.25, 0.3) is 11.0 Å². The van der Waals surface area contributed by atoms with Gasteiger partial charge in [0.2, 0.25) is 5.95 Å². The van der Waals surface area contributed by atoms with E-state index in [0.29, 0.717) is 24.9 Å². The quantitative estimate of drug-likeness (QED) is 0.600. The van der Waals surface area contributed by atoms with E-state index < -0.39 is 11.1 Å². The smallest absolute Gasteiger partial charge is 0.294 e. The number of nitrogens with zero attached hydrogens (tertiary/aromatic N) is 8. The summed E-state index contributed by atoms with van der Waals surface area (Å²) in [6.45, 7) is 7.13. The van der Waals surface area contributed by atoms with Crippen molar-refractivity contribution in [3.63, 3.8) is 0 Å². The van der Waals surface area contributed by atoms with Gasteiger partial charge in [0.1, 0.15) is 24.4 Å². The number of nitriles is 1. The molecule has 1 aliphatic heterocycles. The average Bonchev–Trinajstić information content (AvgIpc) is 3.14. The van der Waals surface area contributed by atoms with E-state index in [-0.39, 0.29) is 30.2 Å². The molecule has 11 heteroatoms. The molecule has 11 nitrogen and oxygen atoms in total. The molecule has 4 rings (SSSR count). The molecule has 168 valence electrons. The standard InChI is InChI=1S/C21H27N9O2/c1-4-28-18-17(26-21(28)27-8-5-6-15(23)11-27)19(31)29(9-7-22)30(20(18)32)12-16-24-13(2)10-14(3)25-16/h10,15H,4-6,8-9,11-12,23H2,1-3H3. The summed E-state index contributed by atoms with van der Waals surface area (Å²) in [5.74, 6) is 0.968. The molecule has 4 heterocycles. The van der Waals surface area contributed by atoms with Gasteiger partial charge in [0, 0.05) is 37.1 Å². The van der Waals surface area contributed by atoms with E-state index in [1.165, 1.54) is 4.68 Å². The fourth-order valence-electron chi connectivity index (χ4n) is 4.39. The number of hydrogen-bond acceptors (Lipinski definition) is 8. The monoisotopic (exact) mass is 437 g/mol. The van der Waals surface area contributed by atoms with Crippen molar-refractivity contribution in [2.24, 2.45) is 5.73 Å². The Labute approximate surface area is 184 Å². The lowest BCUT2D eigenvalue weighted by Gasteiger charge is -2.31. The number of anilines is 1. The molecule has 1 fully saturated rings. The summed E-state index contributed by atoms with van der Waals surface area (Å²) >= 11 is 0. The molecule has 1 aliphatic rings. The molecule has 3 aromatic heterocycles. The Bertz CT molecular complexity index is 1310. The molecule has 0 spiro atoms. The predicted molar refractivity (Wildman–Crippen MR) is 120 cm³/mol. The van der Waals surface area contributed by atoms with E-state index in [9.17, 15) is 14.9 Å². The maximum Gasteiger partial charge on any atom is 0.294 e. The Hall–Kier alpha value is -3.52. The van der Waals surface area contributed by atoms with E-state index in [1.807, 2.05) is 37.8 Å². The minimum absolute atomic E-state index is 0.0162. The maximum atomic E-state index is 13.6. The number of imidazole rings is 1. The molecule has 0 amide bonds. The van der Waals surface area contributed by atoms with Gasteiger partial charge in [-0.05, 0) is 39.7 Å². The minimum atomic E-state index is -0.486. The van der Waals surface area contributed by atoms with Crippen LogP contribution in [0.2, 0.25) is 0 Å². The number of nitrogens with two attached hydrogens (primary N) is 1. The zero-order valence-corrected chi connectivity index (χ0v) is 18.6. The lowest BCUT2D eigenvalue weighted by Crippen LogP contribution is -2.44. The number of fused-ring (bicyclic) bond motifs is 1. The van der Waals surface area contributed by atoms with E-state index >= 15 is 0 Å². The van der Waals surface area contributed by atoms with Crippen LogP contribution in [-0.4, -0.2) is 48.0 Å². The molecule has 0 aromatic carbocycles. The van der Waals surface area contributed by atoms with Crippen LogP contribution in [0.1, 0.15) is 37.0 Å². The third-order valence-electron chi connectivity index (χ3n) is 5.71. The second-order valence-corrected chi connectivity index (χ2v) is 8.15. The number of hydrogen-bond donors (Lipinski definition) is 1. The van der Waals surface area contributed by atoms with Crippen molar-refractivity contribution < 1.29 is 0 Å². The van der Waals surface area contributed by atoms with E-state index in [1.54, 1.807) is 4.57 Å². The van der Waals surface area contributed by atoms with Crippen molar-refractivity contribution in [1.82, 2.24) is 28.9 Å². The lowest BCUT2D eigenvalue weighted by atomic mass is 10.1. The van der Waals surface area contributed by atoms with Crippen molar-refractivity contribution >= 4 is 17.0 Å². The van der Waals surface area contributed by atoms with Crippen molar-refractivity contribution in [3.8, 4) is 6.07 Å². The van der Waals surface area contributed by atoms with Gasteiger partial charge in [0.25, 0.3) is 11.1 Å². The SMILES string of the molecule is CCn1c(N2CCCC(N)C2)nc2c(=O)n(CC#N)n(Cc3nc(C)cc(C)n3)c(=O)c21. The molecular weight excluding hydrogens is 410 g/mol. The molecule has 1 atom stereocenters. The van der Waals surface area contributed by atoms with Crippen molar-refractivity contribution in [3.05, 3.63) is 44.0 Å². The van der Waals surface area contributed by atoms with Crippen LogP contribution in [0, 0.1) is 25.2 Å². The van der Waals surface area contributed by atoms with Gasteiger partial charge in [-0.1, -0.05) is 0 Å². The van der Waals surface area contributed by atoms with Gasteiger partial charge in [-0.25, -0.2) is 24.3 Å². The fraction of sp³-hybridized carbons (Fsp3) is 0.524. The molecule has 0 saturated carbocycles. The molecule has 1 saturated heterocycles. The Balaban J connectivity index is 1.95. The molecule has 0 radical (unpaired) electrons. The van der Waals surface area contributed by atoms with Gasteiger partial charge in [-0.3, -0.25) is 9.59 Å². The highest BCUT2D eigenvalue weighted by molar-refractivity contribution is 5.77. The number of piperidine rings is 1. The van der Waals surface area contributed by atoms with Crippen LogP contribution in [0.5, 0.6) is 0 Å². The summed E-state index contributed by atoms with van der Waals surface area (Å²) < 4.78 is 4.15. The predicted octanol–water partition coefficient (Wildman–Crippen LogP) is 0.286. The van der Waals surface area contributed by atoms with Gasteiger partial charge in [0.05, 0.1) is 6.07 Å². The first-order valence-corrected chi connectivity index (χ1v) is 10.8. The van der Waals surface area contributed by atoms with Crippen LogP contribution < -0.4 is 21.8 Å². The van der Waals surface area contributed by atoms with E-state index in [4.69, 9.17) is 5.73 Å². The number of aromatic nitrogens is 6. The first-order chi connectivity index (χ1) is 15.3. The zero-order valence-electron chi connectivity index (χ0n) is 18.6. The summed E-state index contributed by atoms with van der Waals surface area (Å²) in [5.41, 5.74) is 7.08. The third kappa shape index (κ3) is 3.78. The first kappa shape index (κ1) is 21.7. The van der Waals surface area contributed by atoms with E-state index in [2.05, 4.69) is 15.0 Å². The Morgan fingerprint density at radius 1 is 1.16 bits per heavy atom. The highest BCUT2D eigenvalue weighted by Crippen LogP contribution is 2.22. The highest BCUT2D eigenvalue weighted by atomic mass is 16.2. The number of aryl methyl sites for hydroxylation is 3. The maximum absolute atomic E-state index is 13.6.